The molecule has 0 bridgehead atoms. The number of β-amino-alcohol motifs (C(OH)–C–C–N with tert-alkyl or cyclic N) is 1. The molecule has 1 aliphatic rings. The van der Waals surface area contributed by atoms with Gasteiger partial charge in [-0.25, -0.2) is 19.9 Å². The van der Waals surface area contributed by atoms with E-state index in [4.69, 9.17) is 0 Å². The van der Waals surface area contributed by atoms with Gasteiger partial charge in [0.2, 0.25) is 5.95 Å². The fraction of sp³-hybridized carbons (Fsp3) is 0.200. The number of aryl methyl sites for hydroxylation is 1. The molecule has 1 unspecified atom stereocenters. The van der Waals surface area contributed by atoms with Crippen molar-refractivity contribution in [3.8, 4) is 11.5 Å². The van der Waals surface area contributed by atoms with Crippen LogP contribution in [0, 0.1) is 6.92 Å². The fourth-order valence-electron chi connectivity index (χ4n) is 3.73. The fourth-order valence-corrected chi connectivity index (χ4v) is 3.73. The quantitative estimate of drug-likeness (QED) is 0.265. The second-order valence-corrected chi connectivity index (χ2v) is 8.44. The highest BCUT2D eigenvalue weighted by Crippen LogP contribution is 2.22. The lowest BCUT2D eigenvalue weighted by Gasteiger charge is -2.20. The summed E-state index contributed by atoms with van der Waals surface area (Å²) >= 11 is 0. The molecule has 1 aromatic carbocycles. The molecule has 0 spiro atoms. The third-order valence-electron chi connectivity index (χ3n) is 5.64. The first kappa shape index (κ1) is 23.3. The van der Waals surface area contributed by atoms with E-state index < -0.39 is 11.5 Å². The average molecular weight is 484 g/mol. The standard InChI is InChI=1S/C25H25N9O2/c1-16-3-2-4-19(29-16)22-27-12-9-20(33-22)32-21-10-13-28-24(34-21)31-18-7-5-17(6-8-18)30-23(35)25(36)11-14-26-15-25/h2-10,12-13,26,36H,11,14-15H2,1H3,(H,30,35)(H2,27,28,31,32,33,34). The third kappa shape index (κ3) is 5.43. The summed E-state index contributed by atoms with van der Waals surface area (Å²) in [5.41, 5.74) is 1.53. The SMILES string of the molecule is Cc1cccc(-c2nccc(Nc3ccnc(Nc4ccc(NC(=O)C5(O)CCNC5)cc4)n3)n2)n1. The van der Waals surface area contributed by atoms with E-state index in [9.17, 15) is 9.90 Å². The summed E-state index contributed by atoms with van der Waals surface area (Å²) < 4.78 is 0. The molecule has 1 fully saturated rings. The third-order valence-corrected chi connectivity index (χ3v) is 5.64. The van der Waals surface area contributed by atoms with Crippen LogP contribution < -0.4 is 21.3 Å². The van der Waals surface area contributed by atoms with Crippen molar-refractivity contribution in [3.63, 3.8) is 0 Å². The second-order valence-electron chi connectivity index (χ2n) is 8.44. The Hall–Kier alpha value is -4.48. The summed E-state index contributed by atoms with van der Waals surface area (Å²) in [7, 11) is 0. The second kappa shape index (κ2) is 10.0. The number of nitrogens with one attached hydrogen (secondary N) is 4. The molecule has 1 aliphatic heterocycles. The molecule has 1 amide bonds. The zero-order valence-electron chi connectivity index (χ0n) is 19.6. The largest absolute Gasteiger partial charge is 0.379 e. The molecule has 1 atom stereocenters. The number of nitrogens with zero attached hydrogens (tertiary/aromatic N) is 5. The van der Waals surface area contributed by atoms with Crippen LogP contribution in [0.1, 0.15) is 12.1 Å². The lowest BCUT2D eigenvalue weighted by Crippen LogP contribution is -2.44. The first-order valence-electron chi connectivity index (χ1n) is 11.5. The van der Waals surface area contributed by atoms with E-state index in [2.05, 4.69) is 46.2 Å². The topological polar surface area (TPSA) is 150 Å². The molecule has 0 saturated carbocycles. The maximum atomic E-state index is 12.4. The zero-order valence-corrected chi connectivity index (χ0v) is 19.6. The van der Waals surface area contributed by atoms with Gasteiger partial charge in [0.1, 0.15) is 17.3 Å². The van der Waals surface area contributed by atoms with Gasteiger partial charge in [0.25, 0.3) is 5.91 Å². The molecule has 11 heteroatoms. The van der Waals surface area contributed by atoms with Gasteiger partial charge in [-0.3, -0.25) is 4.79 Å². The number of amides is 1. The smallest absolute Gasteiger partial charge is 0.257 e. The van der Waals surface area contributed by atoms with Crippen molar-refractivity contribution in [2.24, 2.45) is 0 Å². The van der Waals surface area contributed by atoms with Crippen LogP contribution in [0.2, 0.25) is 0 Å². The first-order chi connectivity index (χ1) is 17.5. The highest BCUT2D eigenvalue weighted by Gasteiger charge is 2.38. The summed E-state index contributed by atoms with van der Waals surface area (Å²) in [6.45, 7) is 2.78. The van der Waals surface area contributed by atoms with Gasteiger partial charge < -0.3 is 26.4 Å². The Kier molecular flexibility index (Phi) is 6.48. The minimum absolute atomic E-state index is 0.249. The molecule has 3 aromatic heterocycles. The number of aromatic nitrogens is 5. The number of rotatable bonds is 7. The van der Waals surface area contributed by atoms with Crippen molar-refractivity contribution in [3.05, 3.63) is 72.7 Å². The number of hydrogen-bond acceptors (Lipinski definition) is 10. The summed E-state index contributed by atoms with van der Waals surface area (Å²) in [6, 6.07) is 16.3. The average Bonchev–Trinajstić information content (AvgIpc) is 3.33. The summed E-state index contributed by atoms with van der Waals surface area (Å²) in [6.07, 6.45) is 3.68. The molecule has 0 aliphatic carbocycles. The van der Waals surface area contributed by atoms with Crippen LogP contribution in [0.15, 0.2) is 67.0 Å². The van der Waals surface area contributed by atoms with Crippen molar-refractivity contribution in [1.29, 1.82) is 0 Å². The predicted molar refractivity (Wildman–Crippen MR) is 136 cm³/mol. The minimum Gasteiger partial charge on any atom is -0.379 e. The molecular weight excluding hydrogens is 458 g/mol. The Morgan fingerprint density at radius 3 is 2.42 bits per heavy atom. The van der Waals surface area contributed by atoms with E-state index in [1.165, 1.54) is 0 Å². The lowest BCUT2D eigenvalue weighted by atomic mass is 10.0. The number of hydrogen-bond donors (Lipinski definition) is 5. The van der Waals surface area contributed by atoms with E-state index in [0.29, 0.717) is 47.8 Å². The summed E-state index contributed by atoms with van der Waals surface area (Å²) in [4.78, 5) is 34.4. The van der Waals surface area contributed by atoms with Gasteiger partial charge in [-0.05, 0) is 68.4 Å². The number of benzene rings is 1. The van der Waals surface area contributed by atoms with Crippen molar-refractivity contribution in [1.82, 2.24) is 30.2 Å². The van der Waals surface area contributed by atoms with E-state index >= 15 is 0 Å². The number of pyridine rings is 1. The van der Waals surface area contributed by atoms with Crippen LogP contribution >= 0.6 is 0 Å². The highest BCUT2D eigenvalue weighted by atomic mass is 16.3. The van der Waals surface area contributed by atoms with Gasteiger partial charge in [-0.15, -0.1) is 0 Å². The number of anilines is 5. The van der Waals surface area contributed by atoms with Gasteiger partial charge in [-0.1, -0.05) is 6.07 Å². The molecular formula is C25H25N9O2. The zero-order chi connectivity index (χ0) is 25.0. The monoisotopic (exact) mass is 483 g/mol. The molecule has 5 N–H and O–H groups in total. The Bertz CT molecular complexity index is 1370. The van der Waals surface area contributed by atoms with Crippen LogP contribution in [0.3, 0.4) is 0 Å². The Labute approximate surface area is 207 Å². The number of carbonyl (C=O) groups is 1. The van der Waals surface area contributed by atoms with Crippen LogP contribution in [-0.4, -0.2) is 54.6 Å². The Morgan fingerprint density at radius 1 is 0.917 bits per heavy atom. The molecule has 11 nitrogen and oxygen atoms in total. The number of carbonyl (C=O) groups excluding carboxylic acids is 1. The maximum absolute atomic E-state index is 12.4. The van der Waals surface area contributed by atoms with E-state index in [1.807, 2.05) is 25.1 Å². The molecule has 0 radical (unpaired) electrons. The van der Waals surface area contributed by atoms with Crippen LogP contribution in [0.25, 0.3) is 11.5 Å². The first-order valence-corrected chi connectivity index (χ1v) is 11.5. The van der Waals surface area contributed by atoms with Crippen molar-refractivity contribution < 1.29 is 9.90 Å². The predicted octanol–water partition coefficient (Wildman–Crippen LogP) is 2.79. The van der Waals surface area contributed by atoms with Gasteiger partial charge in [-0.2, -0.15) is 4.98 Å². The normalized spacial score (nSPS) is 16.9. The highest BCUT2D eigenvalue weighted by molar-refractivity contribution is 5.97. The van der Waals surface area contributed by atoms with Crippen LogP contribution in [0.5, 0.6) is 0 Å². The Balaban J connectivity index is 1.24. The minimum atomic E-state index is -1.38. The molecule has 4 aromatic rings. The molecule has 1 saturated heterocycles. The van der Waals surface area contributed by atoms with Gasteiger partial charge in [0.05, 0.1) is 0 Å². The van der Waals surface area contributed by atoms with Gasteiger partial charge >= 0.3 is 0 Å². The molecule has 182 valence electrons. The molecule has 4 heterocycles. The lowest BCUT2D eigenvalue weighted by molar-refractivity contribution is -0.132. The van der Waals surface area contributed by atoms with Crippen LogP contribution in [0.4, 0.5) is 29.0 Å². The Morgan fingerprint density at radius 2 is 1.67 bits per heavy atom. The summed E-state index contributed by atoms with van der Waals surface area (Å²) in [5, 5.41) is 22.4. The van der Waals surface area contributed by atoms with E-state index in [0.717, 1.165) is 11.4 Å². The molecule has 36 heavy (non-hydrogen) atoms. The van der Waals surface area contributed by atoms with Crippen molar-refractivity contribution in [2.45, 2.75) is 18.9 Å². The van der Waals surface area contributed by atoms with Gasteiger partial charge in [0, 0.05) is 36.0 Å². The van der Waals surface area contributed by atoms with E-state index in [-0.39, 0.29) is 6.54 Å². The molecule has 5 rings (SSSR count). The van der Waals surface area contributed by atoms with Crippen molar-refractivity contribution in [2.75, 3.05) is 29.0 Å². The number of aliphatic hydroxyl groups is 1. The summed E-state index contributed by atoms with van der Waals surface area (Å²) in [5.74, 6) is 1.61. The van der Waals surface area contributed by atoms with Crippen molar-refractivity contribution >= 4 is 34.9 Å². The van der Waals surface area contributed by atoms with Gasteiger partial charge in [0.15, 0.2) is 11.4 Å². The van der Waals surface area contributed by atoms with E-state index in [1.54, 1.807) is 48.8 Å². The maximum Gasteiger partial charge on any atom is 0.257 e. The van der Waals surface area contributed by atoms with Crippen LogP contribution in [-0.2, 0) is 4.79 Å².